The molecule has 3 heterocycles. The van der Waals surface area contributed by atoms with E-state index in [1.807, 2.05) is 24.3 Å². The van der Waals surface area contributed by atoms with Crippen molar-refractivity contribution in [1.82, 2.24) is 19.8 Å². The molecule has 35 heavy (non-hydrogen) atoms. The van der Waals surface area contributed by atoms with E-state index in [9.17, 15) is 9.59 Å². The van der Waals surface area contributed by atoms with Crippen LogP contribution < -0.4 is 4.90 Å². The fourth-order valence-electron chi connectivity index (χ4n) is 5.20. The first kappa shape index (κ1) is 23.7. The molecule has 0 radical (unpaired) electrons. The van der Waals surface area contributed by atoms with Crippen LogP contribution in [0, 0.1) is 0 Å². The number of benzene rings is 2. The van der Waals surface area contributed by atoms with E-state index in [-0.39, 0.29) is 23.9 Å². The Kier molecular flexibility index (Phi) is 6.03. The summed E-state index contributed by atoms with van der Waals surface area (Å²) in [6.07, 6.45) is 5.03. The van der Waals surface area contributed by atoms with E-state index in [1.165, 1.54) is 11.2 Å². The molecule has 0 saturated carbocycles. The number of amides is 3. The van der Waals surface area contributed by atoms with Crippen molar-refractivity contribution in [2.45, 2.75) is 31.3 Å². The van der Waals surface area contributed by atoms with Gasteiger partial charge < -0.3 is 4.90 Å². The van der Waals surface area contributed by atoms with E-state index >= 15 is 0 Å². The monoisotopic (exact) mass is 509 g/mol. The molecule has 2 fully saturated rings. The summed E-state index contributed by atoms with van der Waals surface area (Å²) >= 11 is 12.4. The van der Waals surface area contributed by atoms with Gasteiger partial charge in [-0.25, -0.2) is 19.7 Å². The zero-order valence-corrected chi connectivity index (χ0v) is 21.2. The van der Waals surface area contributed by atoms with Gasteiger partial charge in [-0.05, 0) is 43.2 Å². The van der Waals surface area contributed by atoms with Crippen molar-refractivity contribution in [2.75, 3.05) is 25.0 Å². The average Bonchev–Trinajstić information content (AvgIpc) is 3.33. The number of hydrogen-bond acceptors (Lipinski definition) is 5. The number of carbonyl (C=O) groups is 2. The number of carbonyl (C=O) groups excluding carboxylic acids is 2. The number of anilines is 1. The van der Waals surface area contributed by atoms with Crippen LogP contribution in [0.15, 0.2) is 61.2 Å². The zero-order valence-electron chi connectivity index (χ0n) is 19.7. The van der Waals surface area contributed by atoms with Crippen LogP contribution in [0.5, 0.6) is 0 Å². The van der Waals surface area contributed by atoms with Crippen LogP contribution in [0.25, 0.3) is 11.1 Å². The second-order valence-corrected chi connectivity index (χ2v) is 10.2. The van der Waals surface area contributed by atoms with Crippen molar-refractivity contribution < 1.29 is 9.59 Å². The normalized spacial score (nSPS) is 22.7. The summed E-state index contributed by atoms with van der Waals surface area (Å²) in [5.41, 5.74) is 2.22. The third-order valence-electron chi connectivity index (χ3n) is 7.13. The number of imide groups is 1. The lowest BCUT2D eigenvalue weighted by Gasteiger charge is -2.34. The topological polar surface area (TPSA) is 69.6 Å². The van der Waals surface area contributed by atoms with E-state index < -0.39 is 5.54 Å². The zero-order chi connectivity index (χ0) is 24.9. The smallest absolute Gasteiger partial charge is 0.310 e. The van der Waals surface area contributed by atoms with E-state index in [1.54, 1.807) is 42.5 Å². The molecule has 1 spiro atoms. The van der Waals surface area contributed by atoms with Crippen LogP contribution >= 0.6 is 23.2 Å². The van der Waals surface area contributed by atoms with Gasteiger partial charge in [0.15, 0.2) is 0 Å². The second-order valence-electron chi connectivity index (χ2n) is 9.36. The van der Waals surface area contributed by atoms with Crippen molar-refractivity contribution in [2.24, 2.45) is 0 Å². The van der Waals surface area contributed by atoms with Crippen LogP contribution in [0.4, 0.5) is 10.5 Å². The Morgan fingerprint density at radius 1 is 0.971 bits per heavy atom. The highest BCUT2D eigenvalue weighted by atomic mass is 35.5. The minimum atomic E-state index is -1.05. The van der Waals surface area contributed by atoms with Gasteiger partial charge in [0, 0.05) is 60.1 Å². The average molecular weight is 510 g/mol. The predicted octanol–water partition coefficient (Wildman–Crippen LogP) is 5.10. The van der Waals surface area contributed by atoms with Gasteiger partial charge in [-0.2, -0.15) is 0 Å². The van der Waals surface area contributed by atoms with Gasteiger partial charge in [0.05, 0.1) is 5.69 Å². The van der Waals surface area contributed by atoms with Gasteiger partial charge in [-0.1, -0.05) is 47.5 Å². The highest BCUT2D eigenvalue weighted by Gasteiger charge is 2.64. The summed E-state index contributed by atoms with van der Waals surface area (Å²) in [7, 11) is 1.71. The highest BCUT2D eigenvalue weighted by Crippen LogP contribution is 2.47. The molecule has 9 heteroatoms. The maximum atomic E-state index is 14.1. The number of likely N-dealkylation sites (tertiary alicyclic amines) is 1. The SMILES string of the molecule is CC(C)N1C[C@H](c2ccc(-c3cncnc3)cc2)[C@]2(C1)C(=O)N(c1cc(Cl)cc(Cl)c1)C(=O)N2C. The van der Waals surface area contributed by atoms with Crippen molar-refractivity contribution in [1.29, 1.82) is 0 Å². The van der Waals surface area contributed by atoms with Crippen LogP contribution in [0.2, 0.25) is 10.0 Å². The number of halogens is 2. The largest absolute Gasteiger partial charge is 0.332 e. The number of hydrogen-bond donors (Lipinski definition) is 0. The van der Waals surface area contributed by atoms with E-state index in [0.717, 1.165) is 16.7 Å². The number of likely N-dealkylation sites (N-methyl/N-ethyl adjacent to an activating group) is 1. The Morgan fingerprint density at radius 2 is 1.60 bits per heavy atom. The van der Waals surface area contributed by atoms with Crippen molar-refractivity contribution >= 4 is 40.8 Å². The number of aromatic nitrogens is 2. The molecule has 0 bridgehead atoms. The Morgan fingerprint density at radius 3 is 2.20 bits per heavy atom. The van der Waals surface area contributed by atoms with E-state index in [2.05, 4.69) is 28.7 Å². The van der Waals surface area contributed by atoms with Gasteiger partial charge in [0.25, 0.3) is 5.91 Å². The highest BCUT2D eigenvalue weighted by molar-refractivity contribution is 6.35. The minimum Gasteiger partial charge on any atom is -0.310 e. The summed E-state index contributed by atoms with van der Waals surface area (Å²) in [5, 5.41) is 0.730. The third-order valence-corrected chi connectivity index (χ3v) is 7.57. The number of urea groups is 1. The summed E-state index contributed by atoms with van der Waals surface area (Å²) in [6.45, 7) is 5.29. The number of nitrogens with zero attached hydrogens (tertiary/aromatic N) is 5. The molecule has 2 saturated heterocycles. The fraction of sp³-hybridized carbons (Fsp3) is 0.308. The summed E-state index contributed by atoms with van der Waals surface area (Å²) in [5.74, 6) is -0.482. The standard InChI is InChI=1S/C26H25Cl2N5O2/c1-16(2)32-13-23(18-6-4-17(5-7-18)19-11-29-15-30-12-19)26(14-32)24(34)33(25(35)31(26)3)22-9-20(27)8-21(28)10-22/h4-12,15-16,23H,13-14H2,1-3H3/t23-,26-/m1/s1. The molecule has 7 nitrogen and oxygen atoms in total. The van der Waals surface area contributed by atoms with Crippen LogP contribution in [-0.2, 0) is 4.79 Å². The molecule has 3 aromatic rings. The molecular weight excluding hydrogens is 485 g/mol. The summed E-state index contributed by atoms with van der Waals surface area (Å²) < 4.78 is 0. The molecule has 2 atom stereocenters. The Hall–Kier alpha value is -3.00. The maximum absolute atomic E-state index is 14.1. The molecule has 2 aromatic carbocycles. The van der Waals surface area contributed by atoms with Crippen molar-refractivity contribution in [3.63, 3.8) is 0 Å². The molecule has 5 rings (SSSR count). The lowest BCUT2D eigenvalue weighted by molar-refractivity contribution is -0.124. The molecule has 2 aliphatic heterocycles. The molecule has 180 valence electrons. The van der Waals surface area contributed by atoms with Gasteiger partial charge >= 0.3 is 6.03 Å². The molecular formula is C26H25Cl2N5O2. The molecule has 0 N–H and O–H groups in total. The Labute approximate surface area is 214 Å². The second kappa shape index (κ2) is 8.90. The molecule has 0 unspecified atom stereocenters. The van der Waals surface area contributed by atoms with Crippen LogP contribution in [0.1, 0.15) is 25.3 Å². The minimum absolute atomic E-state index is 0.212. The predicted molar refractivity (Wildman–Crippen MR) is 137 cm³/mol. The Balaban J connectivity index is 1.57. The van der Waals surface area contributed by atoms with Crippen LogP contribution in [-0.4, -0.2) is 63.4 Å². The van der Waals surface area contributed by atoms with Gasteiger partial charge in [0.2, 0.25) is 0 Å². The van der Waals surface area contributed by atoms with Crippen LogP contribution in [0.3, 0.4) is 0 Å². The lowest BCUT2D eigenvalue weighted by atomic mass is 9.80. The first-order valence-corrected chi connectivity index (χ1v) is 12.2. The Bertz CT molecular complexity index is 1260. The molecule has 3 amide bonds. The van der Waals surface area contributed by atoms with E-state index in [4.69, 9.17) is 23.2 Å². The first-order valence-electron chi connectivity index (χ1n) is 11.4. The maximum Gasteiger partial charge on any atom is 0.332 e. The van der Waals surface area contributed by atoms with Gasteiger partial charge in [0.1, 0.15) is 11.9 Å². The van der Waals surface area contributed by atoms with Gasteiger partial charge in [-0.15, -0.1) is 0 Å². The quantitative estimate of drug-likeness (QED) is 0.457. The van der Waals surface area contributed by atoms with Crippen molar-refractivity contribution in [3.05, 3.63) is 76.8 Å². The molecule has 2 aliphatic rings. The summed E-state index contributed by atoms with van der Waals surface area (Å²) in [4.78, 5) is 40.9. The lowest BCUT2D eigenvalue weighted by Crippen LogP contribution is -2.54. The number of rotatable bonds is 4. The fourth-order valence-corrected chi connectivity index (χ4v) is 5.71. The molecule has 1 aromatic heterocycles. The summed E-state index contributed by atoms with van der Waals surface area (Å²) in [6, 6.07) is 12.7. The third kappa shape index (κ3) is 3.88. The van der Waals surface area contributed by atoms with Crippen molar-refractivity contribution in [3.8, 4) is 11.1 Å². The van der Waals surface area contributed by atoms with Gasteiger partial charge in [-0.3, -0.25) is 9.69 Å². The first-order chi connectivity index (χ1) is 16.7. The molecule has 0 aliphatic carbocycles. The van der Waals surface area contributed by atoms with E-state index in [0.29, 0.717) is 28.8 Å².